The fourth-order valence-electron chi connectivity index (χ4n) is 8.30. The summed E-state index contributed by atoms with van der Waals surface area (Å²) >= 11 is 0. The summed E-state index contributed by atoms with van der Waals surface area (Å²) in [4.78, 5) is 36.8. The van der Waals surface area contributed by atoms with Crippen molar-refractivity contribution in [3.05, 3.63) is 35.9 Å². The fraction of sp³-hybridized carbons (Fsp3) is 0.686. The number of amides is 2. The molecule has 2 spiro atoms. The number of aromatic nitrogens is 3. The molecule has 4 heterocycles. The summed E-state index contributed by atoms with van der Waals surface area (Å²) in [5.41, 5.74) is -0.772. The summed E-state index contributed by atoms with van der Waals surface area (Å²) in [5, 5.41) is 21.9. The Kier molecular flexibility index (Phi) is 9.21. The van der Waals surface area contributed by atoms with Gasteiger partial charge in [-0.05, 0) is 117 Å². The minimum atomic E-state index is -0.986. The van der Waals surface area contributed by atoms with Crippen LogP contribution in [0.1, 0.15) is 89.9 Å². The lowest BCUT2D eigenvalue weighted by Gasteiger charge is -2.54. The van der Waals surface area contributed by atoms with Gasteiger partial charge in [-0.3, -0.25) is 9.59 Å². The molecule has 1 atom stereocenters. The Morgan fingerprint density at radius 1 is 1.19 bits per heavy atom. The summed E-state index contributed by atoms with van der Waals surface area (Å²) in [7, 11) is 0. The molecule has 0 unspecified atom stereocenters. The Labute approximate surface area is 277 Å². The molecule has 12 heteroatoms. The second-order valence-electron chi connectivity index (χ2n) is 15.3. The first kappa shape index (κ1) is 33.5. The van der Waals surface area contributed by atoms with E-state index in [2.05, 4.69) is 30.3 Å². The number of benzene rings is 1. The summed E-state index contributed by atoms with van der Waals surface area (Å²) in [6.45, 7) is 14.6. The van der Waals surface area contributed by atoms with Crippen molar-refractivity contribution in [3.8, 4) is 11.6 Å². The maximum atomic E-state index is 14.3. The van der Waals surface area contributed by atoms with Gasteiger partial charge in [-0.25, -0.2) is 9.37 Å². The average molecular weight is 652 g/mol. The molecule has 3 aliphatic heterocycles. The number of carbonyl (C=O) groups excluding carboxylic acids is 2. The second kappa shape index (κ2) is 12.9. The van der Waals surface area contributed by atoms with Crippen molar-refractivity contribution in [2.24, 2.45) is 17.3 Å². The van der Waals surface area contributed by atoms with Gasteiger partial charge < -0.3 is 29.9 Å². The summed E-state index contributed by atoms with van der Waals surface area (Å²) < 4.78 is 20.4. The number of nitrogens with zero attached hydrogens (tertiary/aromatic N) is 6. The summed E-state index contributed by atoms with van der Waals surface area (Å²) in [6.07, 6.45) is 8.54. The molecule has 47 heavy (non-hydrogen) atoms. The monoisotopic (exact) mass is 651 g/mol. The van der Waals surface area contributed by atoms with Crippen molar-refractivity contribution >= 4 is 17.6 Å². The molecule has 0 bridgehead atoms. The molecule has 1 saturated carbocycles. The van der Waals surface area contributed by atoms with Gasteiger partial charge in [0.1, 0.15) is 17.9 Å². The van der Waals surface area contributed by atoms with Crippen LogP contribution in [0.5, 0.6) is 11.6 Å². The molecule has 4 aliphatic rings. The number of ether oxygens (including phenoxy) is 1. The van der Waals surface area contributed by atoms with Crippen LogP contribution in [0.25, 0.3) is 0 Å². The predicted octanol–water partition coefficient (Wildman–Crippen LogP) is 4.41. The van der Waals surface area contributed by atoms with Crippen LogP contribution in [0.15, 0.2) is 24.5 Å². The summed E-state index contributed by atoms with van der Waals surface area (Å²) in [6, 6.07) is 3.90. The molecule has 1 aromatic heterocycles. The molecular formula is C35H50FN7O4. The standard InChI is InChI=1S/C35H50FN7O4/c1-6-43(23(2)3)32(45)26-17-25(36)7-8-28(26)47-31-29(37-22-38-40-31)42-20-34(21-42)13-15-41(16-14-34)19-24-9-11-35(12-10-24)18-27(30(44)39-35)33(4,5)46/h7-8,17,22-24,27,46H,6,9-16,18-21H2,1-5H3,(H,39,44)/t24-,27-,35-/m0/s1. The van der Waals surface area contributed by atoms with Crippen LogP contribution in [0.2, 0.25) is 0 Å². The van der Waals surface area contributed by atoms with Crippen molar-refractivity contribution in [1.82, 2.24) is 30.3 Å². The van der Waals surface area contributed by atoms with Gasteiger partial charge in [0.2, 0.25) is 5.91 Å². The van der Waals surface area contributed by atoms with E-state index < -0.39 is 11.4 Å². The minimum absolute atomic E-state index is 0.00325. The van der Waals surface area contributed by atoms with Crippen molar-refractivity contribution in [2.45, 2.75) is 96.7 Å². The Morgan fingerprint density at radius 3 is 2.51 bits per heavy atom. The van der Waals surface area contributed by atoms with Gasteiger partial charge in [-0.15, -0.1) is 10.2 Å². The van der Waals surface area contributed by atoms with Crippen LogP contribution in [-0.2, 0) is 4.79 Å². The van der Waals surface area contributed by atoms with Crippen LogP contribution in [-0.4, -0.2) is 98.4 Å². The lowest BCUT2D eigenvalue weighted by Crippen LogP contribution is -2.61. The van der Waals surface area contributed by atoms with Crippen LogP contribution < -0.4 is 15.0 Å². The van der Waals surface area contributed by atoms with E-state index in [0.717, 1.165) is 77.7 Å². The van der Waals surface area contributed by atoms with E-state index in [9.17, 15) is 19.1 Å². The Bertz CT molecular complexity index is 1460. The van der Waals surface area contributed by atoms with Gasteiger partial charge in [0, 0.05) is 43.2 Å². The first-order valence-corrected chi connectivity index (χ1v) is 17.3. The highest BCUT2D eigenvalue weighted by Gasteiger charge is 2.51. The van der Waals surface area contributed by atoms with Crippen molar-refractivity contribution in [1.29, 1.82) is 0 Å². The zero-order chi connectivity index (χ0) is 33.6. The lowest BCUT2D eigenvalue weighted by molar-refractivity contribution is -0.129. The Balaban J connectivity index is 1.02. The summed E-state index contributed by atoms with van der Waals surface area (Å²) in [5.74, 6) is 0.500. The maximum absolute atomic E-state index is 14.3. The average Bonchev–Trinajstić information content (AvgIpc) is 3.35. The molecule has 1 aliphatic carbocycles. The van der Waals surface area contributed by atoms with Gasteiger partial charge in [0.25, 0.3) is 11.8 Å². The van der Waals surface area contributed by atoms with Crippen LogP contribution in [0.4, 0.5) is 10.2 Å². The van der Waals surface area contributed by atoms with E-state index >= 15 is 0 Å². The Hall–Kier alpha value is -3.38. The first-order valence-electron chi connectivity index (χ1n) is 17.3. The topological polar surface area (TPSA) is 124 Å². The molecular weight excluding hydrogens is 601 g/mol. The van der Waals surface area contributed by atoms with Crippen molar-refractivity contribution < 1.29 is 23.8 Å². The molecule has 2 amide bonds. The van der Waals surface area contributed by atoms with E-state index in [1.165, 1.54) is 24.5 Å². The fourth-order valence-corrected chi connectivity index (χ4v) is 8.30. The third kappa shape index (κ3) is 6.95. The van der Waals surface area contributed by atoms with Crippen LogP contribution in [0, 0.1) is 23.1 Å². The van der Waals surface area contributed by atoms with E-state index in [1.54, 1.807) is 18.7 Å². The number of nitrogens with one attached hydrogen (secondary N) is 1. The van der Waals surface area contributed by atoms with Gasteiger partial charge >= 0.3 is 0 Å². The number of carbonyl (C=O) groups is 2. The number of piperidine rings is 1. The number of likely N-dealkylation sites (tertiary alicyclic amines) is 1. The third-order valence-electron chi connectivity index (χ3n) is 11.2. The normalized spacial score (nSPS) is 26.0. The molecule has 2 aromatic rings. The maximum Gasteiger partial charge on any atom is 0.282 e. The number of anilines is 1. The molecule has 6 rings (SSSR count). The first-order chi connectivity index (χ1) is 22.3. The quantitative estimate of drug-likeness (QED) is 0.406. The molecule has 3 saturated heterocycles. The van der Waals surface area contributed by atoms with Crippen molar-refractivity contribution in [2.75, 3.05) is 44.2 Å². The zero-order valence-corrected chi connectivity index (χ0v) is 28.5. The highest BCUT2D eigenvalue weighted by molar-refractivity contribution is 5.97. The van der Waals surface area contributed by atoms with E-state index in [-0.39, 0.29) is 51.9 Å². The van der Waals surface area contributed by atoms with Crippen molar-refractivity contribution in [3.63, 3.8) is 0 Å². The largest absolute Gasteiger partial charge is 0.434 e. The predicted molar refractivity (Wildman–Crippen MR) is 176 cm³/mol. The van der Waals surface area contributed by atoms with Gasteiger partial charge in [0.15, 0.2) is 5.82 Å². The van der Waals surface area contributed by atoms with E-state index in [0.29, 0.717) is 18.3 Å². The van der Waals surface area contributed by atoms with Crippen LogP contribution in [0.3, 0.4) is 0 Å². The zero-order valence-electron chi connectivity index (χ0n) is 28.5. The molecule has 256 valence electrons. The Morgan fingerprint density at radius 2 is 1.89 bits per heavy atom. The smallest absolute Gasteiger partial charge is 0.282 e. The molecule has 1 aromatic carbocycles. The van der Waals surface area contributed by atoms with E-state index in [1.807, 2.05) is 20.8 Å². The lowest BCUT2D eigenvalue weighted by atomic mass is 9.71. The molecule has 11 nitrogen and oxygen atoms in total. The number of halogens is 1. The second-order valence-corrected chi connectivity index (χ2v) is 15.3. The number of hydrogen-bond donors (Lipinski definition) is 2. The van der Waals surface area contributed by atoms with E-state index in [4.69, 9.17) is 4.74 Å². The molecule has 4 fully saturated rings. The third-order valence-corrected chi connectivity index (χ3v) is 11.2. The highest BCUT2D eigenvalue weighted by atomic mass is 19.1. The van der Waals surface area contributed by atoms with Crippen LogP contribution >= 0.6 is 0 Å². The van der Waals surface area contributed by atoms with Gasteiger partial charge in [-0.2, -0.15) is 0 Å². The number of aliphatic hydroxyl groups is 1. The number of hydrogen-bond acceptors (Lipinski definition) is 9. The van der Waals surface area contributed by atoms with Gasteiger partial charge in [0.05, 0.1) is 17.1 Å². The SMILES string of the molecule is CCN(C(=O)c1cc(F)ccc1Oc1nncnc1N1CC2(CCN(C[C@H]3CC[C@]4(CC3)C[C@H](C(C)(C)O)C(=O)N4)CC2)C1)C(C)C. The van der Waals surface area contributed by atoms with Gasteiger partial charge in [-0.1, -0.05) is 0 Å². The highest BCUT2D eigenvalue weighted by Crippen LogP contribution is 2.46. The molecule has 2 N–H and O–H groups in total. The number of rotatable bonds is 9. The minimum Gasteiger partial charge on any atom is -0.434 e. The molecule has 0 radical (unpaired) electrons.